The first-order valence-electron chi connectivity index (χ1n) is 10.8. The van der Waals surface area contributed by atoms with E-state index >= 15 is 0 Å². The van der Waals surface area contributed by atoms with Crippen molar-refractivity contribution in [1.82, 2.24) is 18.7 Å². The summed E-state index contributed by atoms with van der Waals surface area (Å²) in [5.74, 6) is 1.92. The maximum absolute atomic E-state index is 13.0. The van der Waals surface area contributed by atoms with E-state index in [0.29, 0.717) is 22.9 Å². The Balaban J connectivity index is 1.66. The highest BCUT2D eigenvalue weighted by Gasteiger charge is 2.25. The number of nitrogens with zero attached hydrogens (tertiary/aromatic N) is 5. The summed E-state index contributed by atoms with van der Waals surface area (Å²) in [6.07, 6.45) is 2.32. The Kier molecular flexibility index (Phi) is 6.22. The second-order valence-electron chi connectivity index (χ2n) is 8.09. The van der Waals surface area contributed by atoms with Crippen LogP contribution in [0.2, 0.25) is 0 Å². The summed E-state index contributed by atoms with van der Waals surface area (Å²) < 4.78 is 15.0. The number of rotatable bonds is 7. The van der Waals surface area contributed by atoms with Gasteiger partial charge in [0.2, 0.25) is 5.95 Å². The van der Waals surface area contributed by atoms with Gasteiger partial charge < -0.3 is 24.0 Å². The molecule has 0 spiro atoms. The number of aliphatic hydroxyl groups excluding tert-OH is 1. The summed E-state index contributed by atoms with van der Waals surface area (Å²) in [5, 5.41) is 10.8. The highest BCUT2D eigenvalue weighted by molar-refractivity contribution is 5.74. The van der Waals surface area contributed by atoms with E-state index in [9.17, 15) is 14.7 Å². The van der Waals surface area contributed by atoms with Gasteiger partial charge in [0.1, 0.15) is 24.2 Å². The number of fused-ring (bicyclic) bond motifs is 1. The number of ether oxygens (including phenoxy) is 2. The molecule has 1 fully saturated rings. The second-order valence-corrected chi connectivity index (χ2v) is 8.09. The first-order valence-corrected chi connectivity index (χ1v) is 10.8. The van der Waals surface area contributed by atoms with Crippen molar-refractivity contribution in [3.05, 3.63) is 45.1 Å². The third-order valence-electron chi connectivity index (χ3n) is 5.86. The minimum atomic E-state index is -0.889. The molecule has 0 bridgehead atoms. The van der Waals surface area contributed by atoms with Gasteiger partial charge in [0, 0.05) is 27.2 Å². The molecule has 10 nitrogen and oxygen atoms in total. The molecule has 10 heteroatoms. The van der Waals surface area contributed by atoms with Crippen LogP contribution in [0.25, 0.3) is 11.2 Å². The number of aryl methyl sites for hydroxylation is 1. The number of hydrogen-bond donors (Lipinski definition) is 1. The molecular formula is C22H29N5O5. The fourth-order valence-corrected chi connectivity index (χ4v) is 4.07. The van der Waals surface area contributed by atoms with E-state index in [1.165, 1.54) is 11.6 Å². The minimum absolute atomic E-state index is 0.0392. The molecule has 32 heavy (non-hydrogen) atoms. The lowest BCUT2D eigenvalue weighted by Gasteiger charge is -2.28. The Labute approximate surface area is 185 Å². The van der Waals surface area contributed by atoms with Gasteiger partial charge in [-0.15, -0.1) is 0 Å². The van der Waals surface area contributed by atoms with E-state index < -0.39 is 17.4 Å². The van der Waals surface area contributed by atoms with Crippen LogP contribution in [0.15, 0.2) is 33.9 Å². The molecule has 0 radical (unpaired) electrons. The van der Waals surface area contributed by atoms with Gasteiger partial charge >= 0.3 is 5.69 Å². The Hall–Kier alpha value is -3.27. The summed E-state index contributed by atoms with van der Waals surface area (Å²) >= 11 is 0. The van der Waals surface area contributed by atoms with Crippen molar-refractivity contribution in [2.75, 3.05) is 31.7 Å². The number of anilines is 1. The lowest BCUT2D eigenvalue weighted by Crippen LogP contribution is -2.38. The first-order chi connectivity index (χ1) is 15.4. The van der Waals surface area contributed by atoms with Crippen LogP contribution in [0.4, 0.5) is 5.95 Å². The molecule has 3 heterocycles. The fraction of sp³-hybridized carbons (Fsp3) is 0.500. The molecule has 2 aromatic heterocycles. The molecule has 3 aromatic rings. The largest absolute Gasteiger partial charge is 0.497 e. The monoisotopic (exact) mass is 443 g/mol. The quantitative estimate of drug-likeness (QED) is 0.578. The van der Waals surface area contributed by atoms with E-state index in [1.54, 1.807) is 43.0 Å². The van der Waals surface area contributed by atoms with Crippen LogP contribution >= 0.6 is 0 Å². The zero-order chi connectivity index (χ0) is 22.8. The van der Waals surface area contributed by atoms with Crippen LogP contribution in [0, 0.1) is 0 Å². The third kappa shape index (κ3) is 4.10. The third-order valence-corrected chi connectivity index (χ3v) is 5.86. The molecule has 1 aliphatic rings. The standard InChI is InChI=1S/C22H29N5O5/c1-24-19-18(20(29)25(2)22(24)30)27(21(23-19)26-11-5-4-6-12-26)13-15(28)14-32-17-9-7-16(31-3)8-10-17/h7-10,15,28H,4-6,11-14H2,1-3H3/t15-/m0/s1. The van der Waals surface area contributed by atoms with Crippen molar-refractivity contribution in [2.24, 2.45) is 14.1 Å². The average molecular weight is 444 g/mol. The summed E-state index contributed by atoms with van der Waals surface area (Å²) in [5.41, 5.74) is -0.233. The number of benzene rings is 1. The van der Waals surface area contributed by atoms with Crippen molar-refractivity contribution in [3.63, 3.8) is 0 Å². The fourth-order valence-electron chi connectivity index (χ4n) is 4.07. The Morgan fingerprint density at radius 3 is 2.34 bits per heavy atom. The normalized spacial score (nSPS) is 15.2. The highest BCUT2D eigenvalue weighted by Crippen LogP contribution is 2.24. The van der Waals surface area contributed by atoms with Gasteiger partial charge in [-0.1, -0.05) is 0 Å². The molecule has 1 saturated heterocycles. The van der Waals surface area contributed by atoms with Crippen LogP contribution in [0.3, 0.4) is 0 Å². The van der Waals surface area contributed by atoms with Gasteiger partial charge in [0.25, 0.3) is 5.56 Å². The highest BCUT2D eigenvalue weighted by atomic mass is 16.5. The van der Waals surface area contributed by atoms with Crippen LogP contribution in [-0.2, 0) is 20.6 Å². The zero-order valence-corrected chi connectivity index (χ0v) is 18.7. The number of piperidine rings is 1. The molecule has 1 atom stereocenters. The van der Waals surface area contributed by atoms with Gasteiger partial charge in [0.05, 0.1) is 13.7 Å². The van der Waals surface area contributed by atoms with E-state index in [0.717, 1.165) is 42.7 Å². The maximum Gasteiger partial charge on any atom is 0.332 e. The molecule has 1 N–H and O–H groups in total. The van der Waals surface area contributed by atoms with Gasteiger partial charge in [0.15, 0.2) is 11.2 Å². The van der Waals surface area contributed by atoms with E-state index in [2.05, 4.69) is 9.88 Å². The summed E-state index contributed by atoms with van der Waals surface area (Å²) in [7, 11) is 4.64. The van der Waals surface area contributed by atoms with E-state index in [1.807, 2.05) is 0 Å². The number of methoxy groups -OCH3 is 1. The summed E-state index contributed by atoms with van der Waals surface area (Å²) in [4.78, 5) is 32.2. The van der Waals surface area contributed by atoms with Gasteiger partial charge in [-0.2, -0.15) is 4.98 Å². The first kappa shape index (κ1) is 21.9. The van der Waals surface area contributed by atoms with Crippen molar-refractivity contribution in [1.29, 1.82) is 0 Å². The second kappa shape index (κ2) is 9.07. The number of aromatic nitrogens is 4. The summed E-state index contributed by atoms with van der Waals surface area (Å²) in [6.45, 7) is 1.79. The van der Waals surface area contributed by atoms with E-state index in [4.69, 9.17) is 9.47 Å². The molecule has 172 valence electrons. The lowest BCUT2D eigenvalue weighted by atomic mass is 10.1. The summed E-state index contributed by atoms with van der Waals surface area (Å²) in [6, 6.07) is 7.10. The smallest absolute Gasteiger partial charge is 0.332 e. The Morgan fingerprint density at radius 1 is 1.03 bits per heavy atom. The molecule has 4 rings (SSSR count). The molecule has 1 aliphatic heterocycles. The van der Waals surface area contributed by atoms with Crippen LogP contribution in [-0.4, -0.2) is 56.7 Å². The molecule has 0 aliphatic carbocycles. The predicted octanol–water partition coefficient (Wildman–Crippen LogP) is 0.873. The lowest BCUT2D eigenvalue weighted by molar-refractivity contribution is 0.0935. The van der Waals surface area contributed by atoms with Gasteiger partial charge in [-0.3, -0.25) is 13.9 Å². The van der Waals surface area contributed by atoms with E-state index in [-0.39, 0.29) is 13.2 Å². The zero-order valence-electron chi connectivity index (χ0n) is 18.7. The van der Waals surface area contributed by atoms with Crippen molar-refractivity contribution in [3.8, 4) is 11.5 Å². The van der Waals surface area contributed by atoms with Crippen LogP contribution < -0.4 is 25.6 Å². The number of imidazole rings is 1. The molecule has 0 saturated carbocycles. The SMILES string of the molecule is COc1ccc(OC[C@@H](O)Cn2c(N3CCCCC3)nc3c2c(=O)n(C)c(=O)n3C)cc1. The minimum Gasteiger partial charge on any atom is -0.497 e. The molecule has 0 unspecified atom stereocenters. The number of aliphatic hydroxyl groups is 1. The van der Waals surface area contributed by atoms with Crippen molar-refractivity contribution < 1.29 is 14.6 Å². The van der Waals surface area contributed by atoms with Crippen molar-refractivity contribution in [2.45, 2.75) is 31.9 Å². The van der Waals surface area contributed by atoms with Crippen LogP contribution in [0.5, 0.6) is 11.5 Å². The predicted molar refractivity (Wildman–Crippen MR) is 121 cm³/mol. The number of hydrogen-bond acceptors (Lipinski definition) is 7. The molecule has 0 amide bonds. The average Bonchev–Trinajstić information content (AvgIpc) is 3.20. The Bertz CT molecular complexity index is 1200. The van der Waals surface area contributed by atoms with Gasteiger partial charge in [-0.25, -0.2) is 4.79 Å². The Morgan fingerprint density at radius 2 is 1.69 bits per heavy atom. The van der Waals surface area contributed by atoms with Crippen LogP contribution in [0.1, 0.15) is 19.3 Å². The topological polar surface area (TPSA) is 104 Å². The molecular weight excluding hydrogens is 414 g/mol. The van der Waals surface area contributed by atoms with Gasteiger partial charge in [-0.05, 0) is 43.5 Å². The van der Waals surface area contributed by atoms with Crippen molar-refractivity contribution >= 4 is 17.1 Å². The molecule has 1 aromatic carbocycles. The maximum atomic E-state index is 13.0.